The van der Waals surface area contributed by atoms with Gasteiger partial charge in [-0.15, -0.1) is 23.2 Å². The van der Waals surface area contributed by atoms with E-state index in [2.05, 4.69) is 0 Å². The molecule has 2 atom stereocenters. The highest BCUT2D eigenvalue weighted by Crippen LogP contribution is 2.10. The maximum absolute atomic E-state index is 9.98. The second-order valence-corrected chi connectivity index (χ2v) is 3.02. The van der Waals surface area contributed by atoms with Gasteiger partial charge in [-0.05, 0) is 12.3 Å². The summed E-state index contributed by atoms with van der Waals surface area (Å²) >= 11 is 11.0. The van der Waals surface area contributed by atoms with E-state index < -0.39 is 0 Å². The van der Waals surface area contributed by atoms with E-state index in [1.807, 2.05) is 6.92 Å². The monoisotopic (exact) mass is 168 g/mol. The van der Waals surface area contributed by atoms with Crippen molar-refractivity contribution in [3.8, 4) is 0 Å². The average molecular weight is 169 g/mol. The van der Waals surface area contributed by atoms with Crippen molar-refractivity contribution >= 4 is 29.5 Å². The Hall–Kier alpha value is 0.250. The molecule has 0 aromatic rings. The van der Waals surface area contributed by atoms with Crippen molar-refractivity contribution < 1.29 is 4.79 Å². The Morgan fingerprint density at radius 3 is 2.56 bits per heavy atom. The van der Waals surface area contributed by atoms with Gasteiger partial charge < -0.3 is 4.79 Å². The predicted molar refractivity (Wildman–Crippen MR) is 40.2 cm³/mol. The molecular weight excluding hydrogens is 159 g/mol. The second-order valence-electron chi connectivity index (χ2n) is 2.15. The van der Waals surface area contributed by atoms with Crippen LogP contribution in [0.15, 0.2) is 0 Å². The van der Waals surface area contributed by atoms with E-state index >= 15 is 0 Å². The molecule has 3 heteroatoms. The van der Waals surface area contributed by atoms with Crippen LogP contribution in [0.25, 0.3) is 0 Å². The molecule has 0 amide bonds. The number of aldehydes is 1. The molecule has 0 aromatic carbocycles. The first-order valence-corrected chi connectivity index (χ1v) is 3.83. The van der Waals surface area contributed by atoms with Crippen molar-refractivity contribution in [3.05, 3.63) is 0 Å². The van der Waals surface area contributed by atoms with E-state index in [0.717, 1.165) is 6.29 Å². The fraction of sp³-hybridized carbons (Fsp3) is 0.833. The summed E-state index contributed by atoms with van der Waals surface area (Å²) in [5, 5.41) is -0.362. The molecule has 0 N–H and O–H groups in total. The highest BCUT2D eigenvalue weighted by molar-refractivity contribution is 6.27. The Labute approximate surface area is 65.3 Å². The van der Waals surface area contributed by atoms with Gasteiger partial charge in [0.1, 0.15) is 6.29 Å². The first-order valence-electron chi connectivity index (χ1n) is 2.86. The molecule has 0 aliphatic heterocycles. The van der Waals surface area contributed by atoms with E-state index in [0.29, 0.717) is 18.2 Å². The van der Waals surface area contributed by atoms with Crippen LogP contribution in [0.4, 0.5) is 0 Å². The molecule has 0 aliphatic carbocycles. The number of alkyl halides is 2. The van der Waals surface area contributed by atoms with Crippen LogP contribution in [0.3, 0.4) is 0 Å². The van der Waals surface area contributed by atoms with E-state index in [4.69, 9.17) is 23.2 Å². The third-order valence-electron chi connectivity index (χ3n) is 1.04. The molecule has 2 unspecified atom stereocenters. The van der Waals surface area contributed by atoms with Gasteiger partial charge in [0.25, 0.3) is 0 Å². The molecule has 0 bridgehead atoms. The lowest BCUT2D eigenvalue weighted by molar-refractivity contribution is -0.107. The highest BCUT2D eigenvalue weighted by atomic mass is 35.5. The van der Waals surface area contributed by atoms with Crippen molar-refractivity contribution in [2.75, 3.05) is 5.88 Å². The summed E-state index contributed by atoms with van der Waals surface area (Å²) < 4.78 is 0. The lowest BCUT2D eigenvalue weighted by Crippen LogP contribution is -2.07. The Bertz CT molecular complexity index is 85.1. The molecule has 0 aliphatic rings. The third-order valence-corrected chi connectivity index (χ3v) is 1.85. The topological polar surface area (TPSA) is 17.1 Å². The minimum Gasteiger partial charge on any atom is -0.302 e. The average Bonchev–Trinajstić information content (AvgIpc) is 1.87. The van der Waals surface area contributed by atoms with Gasteiger partial charge >= 0.3 is 0 Å². The lowest BCUT2D eigenvalue weighted by Gasteiger charge is -2.06. The second kappa shape index (κ2) is 5.07. The Morgan fingerprint density at radius 2 is 2.22 bits per heavy atom. The standard InChI is InChI=1S/C6H10Cl2O/c1-5(3-7)2-6(8)4-9/h4-6H,2-3H2,1H3. The van der Waals surface area contributed by atoms with Crippen molar-refractivity contribution in [3.63, 3.8) is 0 Å². The summed E-state index contributed by atoms with van der Waals surface area (Å²) in [5.41, 5.74) is 0. The van der Waals surface area contributed by atoms with Gasteiger partial charge in [0.15, 0.2) is 0 Å². The third kappa shape index (κ3) is 4.73. The zero-order valence-electron chi connectivity index (χ0n) is 5.31. The van der Waals surface area contributed by atoms with Crippen LogP contribution in [-0.4, -0.2) is 17.5 Å². The summed E-state index contributed by atoms with van der Waals surface area (Å²) in [4.78, 5) is 9.98. The molecule has 0 rings (SSSR count). The Balaban J connectivity index is 3.33. The van der Waals surface area contributed by atoms with Gasteiger partial charge in [-0.1, -0.05) is 6.92 Å². The minimum absolute atomic E-state index is 0.333. The maximum Gasteiger partial charge on any atom is 0.137 e. The lowest BCUT2D eigenvalue weighted by atomic mass is 10.1. The molecule has 1 nitrogen and oxygen atoms in total. The van der Waals surface area contributed by atoms with Crippen molar-refractivity contribution in [2.45, 2.75) is 18.7 Å². The fourth-order valence-electron chi connectivity index (χ4n) is 0.503. The molecule has 0 saturated carbocycles. The predicted octanol–water partition coefficient (Wildman–Crippen LogP) is 2.06. The normalized spacial score (nSPS) is 16.8. The molecule has 0 spiro atoms. The minimum atomic E-state index is -0.362. The zero-order chi connectivity index (χ0) is 7.28. The number of carbonyl (C=O) groups is 1. The molecule has 0 heterocycles. The van der Waals surface area contributed by atoms with Crippen molar-refractivity contribution in [1.29, 1.82) is 0 Å². The summed E-state index contributed by atoms with van der Waals surface area (Å²) in [6.07, 6.45) is 1.42. The first-order chi connectivity index (χ1) is 4.20. The zero-order valence-corrected chi connectivity index (χ0v) is 6.82. The van der Waals surface area contributed by atoms with Crippen molar-refractivity contribution in [1.82, 2.24) is 0 Å². The van der Waals surface area contributed by atoms with E-state index in [-0.39, 0.29) is 5.38 Å². The molecule has 0 radical (unpaired) electrons. The van der Waals surface area contributed by atoms with Crippen LogP contribution >= 0.6 is 23.2 Å². The van der Waals surface area contributed by atoms with Gasteiger partial charge in [0, 0.05) is 5.88 Å². The van der Waals surface area contributed by atoms with Crippen LogP contribution in [0.5, 0.6) is 0 Å². The number of carbonyl (C=O) groups excluding carboxylic acids is 1. The van der Waals surface area contributed by atoms with Gasteiger partial charge in [0.2, 0.25) is 0 Å². The molecular formula is C6H10Cl2O. The van der Waals surface area contributed by atoms with Gasteiger partial charge in [-0.25, -0.2) is 0 Å². The number of halogens is 2. The van der Waals surface area contributed by atoms with E-state index in [1.165, 1.54) is 0 Å². The summed E-state index contributed by atoms with van der Waals surface area (Å²) in [7, 11) is 0. The molecule has 9 heavy (non-hydrogen) atoms. The fourth-order valence-corrected chi connectivity index (χ4v) is 0.933. The van der Waals surface area contributed by atoms with Gasteiger partial charge in [-0.3, -0.25) is 0 Å². The summed E-state index contributed by atoms with van der Waals surface area (Å²) in [6.45, 7) is 1.96. The summed E-state index contributed by atoms with van der Waals surface area (Å²) in [6, 6.07) is 0. The van der Waals surface area contributed by atoms with Crippen LogP contribution in [0.2, 0.25) is 0 Å². The van der Waals surface area contributed by atoms with Crippen LogP contribution < -0.4 is 0 Å². The quantitative estimate of drug-likeness (QED) is 0.465. The Kier molecular flexibility index (Phi) is 5.21. The number of hydrogen-bond donors (Lipinski definition) is 0. The highest BCUT2D eigenvalue weighted by Gasteiger charge is 2.07. The van der Waals surface area contributed by atoms with Crippen molar-refractivity contribution in [2.24, 2.45) is 5.92 Å². The largest absolute Gasteiger partial charge is 0.302 e. The van der Waals surface area contributed by atoms with Crippen LogP contribution in [0, 0.1) is 5.92 Å². The summed E-state index contributed by atoms with van der Waals surface area (Å²) in [5.74, 6) is 0.899. The first kappa shape index (κ1) is 9.25. The van der Waals surface area contributed by atoms with Gasteiger partial charge in [-0.2, -0.15) is 0 Å². The smallest absolute Gasteiger partial charge is 0.137 e. The van der Waals surface area contributed by atoms with Crippen LogP contribution in [0.1, 0.15) is 13.3 Å². The van der Waals surface area contributed by atoms with E-state index in [9.17, 15) is 4.79 Å². The molecule has 0 fully saturated rings. The van der Waals surface area contributed by atoms with Gasteiger partial charge in [0.05, 0.1) is 5.38 Å². The Morgan fingerprint density at radius 1 is 1.67 bits per heavy atom. The SMILES string of the molecule is CC(CCl)CC(Cl)C=O. The number of hydrogen-bond acceptors (Lipinski definition) is 1. The molecule has 0 saturated heterocycles. The molecule has 0 aromatic heterocycles. The van der Waals surface area contributed by atoms with E-state index in [1.54, 1.807) is 0 Å². The maximum atomic E-state index is 9.98. The number of rotatable bonds is 4. The van der Waals surface area contributed by atoms with Crippen LogP contribution in [-0.2, 0) is 4.79 Å². The molecule has 54 valence electrons.